The second-order valence-electron chi connectivity index (χ2n) is 8.73. The first-order chi connectivity index (χ1) is 12.9. The summed E-state index contributed by atoms with van der Waals surface area (Å²) in [6.07, 6.45) is 8.48. The third-order valence-corrected chi connectivity index (χ3v) is 7.43. The first-order valence-electron chi connectivity index (χ1n) is 9.94. The highest BCUT2D eigenvalue weighted by atomic mass is 79.9. The van der Waals surface area contributed by atoms with Crippen LogP contribution in [0.3, 0.4) is 0 Å². The van der Waals surface area contributed by atoms with E-state index in [4.69, 9.17) is 0 Å². The number of hydrogen-bond donors (Lipinski definition) is 1. The Morgan fingerprint density at radius 3 is 2.33 bits per heavy atom. The fourth-order valence-electron chi connectivity index (χ4n) is 6.41. The summed E-state index contributed by atoms with van der Waals surface area (Å²) in [4.78, 5) is 13.0. The zero-order valence-electron chi connectivity index (χ0n) is 15.5. The van der Waals surface area contributed by atoms with Gasteiger partial charge in [0.25, 0.3) is 5.91 Å². The van der Waals surface area contributed by atoms with Gasteiger partial charge in [-0.2, -0.15) is 8.78 Å². The van der Waals surface area contributed by atoms with E-state index in [1.807, 2.05) is 0 Å². The van der Waals surface area contributed by atoms with Crippen molar-refractivity contribution in [1.82, 2.24) is 5.32 Å². The summed E-state index contributed by atoms with van der Waals surface area (Å²) in [5, 5.41) is 3.20. The normalized spacial score (nSPS) is 32.6. The summed E-state index contributed by atoms with van der Waals surface area (Å²) in [5.74, 6) is 1.99. The summed E-state index contributed by atoms with van der Waals surface area (Å²) in [6.45, 7) is -0.844. The van der Waals surface area contributed by atoms with E-state index in [0.717, 1.165) is 24.2 Å². The monoisotopic (exact) mass is 441 g/mol. The summed E-state index contributed by atoms with van der Waals surface area (Å²) in [6, 6.07) is 4.65. The molecule has 4 bridgehead atoms. The topological polar surface area (TPSA) is 38.3 Å². The van der Waals surface area contributed by atoms with Crippen LogP contribution in [-0.4, -0.2) is 18.6 Å². The van der Waals surface area contributed by atoms with Gasteiger partial charge < -0.3 is 10.1 Å². The van der Waals surface area contributed by atoms with Crippen molar-refractivity contribution in [2.45, 2.75) is 64.5 Å². The molecule has 1 atom stereocenters. The predicted molar refractivity (Wildman–Crippen MR) is 103 cm³/mol. The van der Waals surface area contributed by atoms with Gasteiger partial charge >= 0.3 is 6.61 Å². The third-order valence-electron chi connectivity index (χ3n) is 6.94. The molecule has 148 valence electrons. The van der Waals surface area contributed by atoms with Crippen LogP contribution in [0.1, 0.15) is 62.2 Å². The van der Waals surface area contributed by atoms with Gasteiger partial charge in [0, 0.05) is 10.5 Å². The second kappa shape index (κ2) is 7.34. The molecule has 0 aromatic heterocycles. The lowest BCUT2D eigenvalue weighted by molar-refractivity contribution is -0.0728. The highest BCUT2D eigenvalue weighted by molar-refractivity contribution is 9.10. The minimum absolute atomic E-state index is 0.0777. The molecule has 4 fully saturated rings. The van der Waals surface area contributed by atoms with E-state index in [0.29, 0.717) is 4.47 Å². The van der Waals surface area contributed by atoms with Crippen LogP contribution in [0.4, 0.5) is 8.78 Å². The number of halogens is 3. The molecule has 0 radical (unpaired) electrons. The Morgan fingerprint density at radius 2 is 1.81 bits per heavy atom. The molecule has 1 aromatic carbocycles. The Hall–Kier alpha value is -1.17. The van der Waals surface area contributed by atoms with Crippen molar-refractivity contribution in [3.63, 3.8) is 0 Å². The number of nitrogens with one attached hydrogen (secondary N) is 1. The molecule has 0 saturated heterocycles. The number of rotatable bonds is 6. The first-order valence-corrected chi connectivity index (χ1v) is 10.7. The molecule has 1 amide bonds. The summed E-state index contributed by atoms with van der Waals surface area (Å²) in [7, 11) is 0. The fraction of sp³-hybridized carbons (Fsp3) is 0.667. The average Bonchev–Trinajstić information content (AvgIpc) is 2.59. The third kappa shape index (κ3) is 3.74. The van der Waals surface area contributed by atoms with Gasteiger partial charge in [0.1, 0.15) is 5.75 Å². The maximum absolute atomic E-state index is 13.0. The van der Waals surface area contributed by atoms with Gasteiger partial charge in [-0.25, -0.2) is 0 Å². The van der Waals surface area contributed by atoms with E-state index < -0.39 is 6.61 Å². The van der Waals surface area contributed by atoms with Gasteiger partial charge in [-0.1, -0.05) is 22.9 Å². The smallest absolute Gasteiger partial charge is 0.387 e. The quantitative estimate of drug-likeness (QED) is 0.607. The van der Waals surface area contributed by atoms with Crippen molar-refractivity contribution in [3.8, 4) is 5.75 Å². The molecular formula is C21H26BrF2NO2. The number of ether oxygens (including phenoxy) is 1. The van der Waals surface area contributed by atoms with Crippen LogP contribution in [0.15, 0.2) is 22.7 Å². The Balaban J connectivity index is 1.56. The molecule has 4 aliphatic rings. The average molecular weight is 442 g/mol. The van der Waals surface area contributed by atoms with E-state index in [-0.39, 0.29) is 28.7 Å². The standard InChI is InChI=1S/C21H26BrF2NO2/c1-2-18(21-9-12-5-13(10-21)7-14(6-12)11-21)25-19(26)16-8-15(22)3-4-17(16)27-20(23)24/h3-4,8,12-14,18,20H,2,5-7,9-11H2,1H3,(H,25,26)/t12?,13?,14?,18-,21?/m0/s1. The Bertz CT molecular complexity index is 689. The Labute approximate surface area is 167 Å². The highest BCUT2D eigenvalue weighted by Crippen LogP contribution is 2.61. The van der Waals surface area contributed by atoms with Crippen molar-refractivity contribution < 1.29 is 18.3 Å². The van der Waals surface area contributed by atoms with Crippen molar-refractivity contribution in [2.75, 3.05) is 0 Å². The van der Waals surface area contributed by atoms with Crippen LogP contribution in [0.25, 0.3) is 0 Å². The number of benzene rings is 1. The second-order valence-corrected chi connectivity index (χ2v) is 9.65. The number of carbonyl (C=O) groups is 1. The van der Waals surface area contributed by atoms with Crippen molar-refractivity contribution in [1.29, 1.82) is 0 Å². The summed E-state index contributed by atoms with van der Waals surface area (Å²) in [5.41, 5.74) is 0.336. The molecule has 6 heteroatoms. The number of carbonyl (C=O) groups excluding carboxylic acids is 1. The maximum atomic E-state index is 13.0. The molecule has 27 heavy (non-hydrogen) atoms. The van der Waals surface area contributed by atoms with Gasteiger partial charge in [-0.3, -0.25) is 4.79 Å². The van der Waals surface area contributed by atoms with Crippen LogP contribution >= 0.6 is 15.9 Å². The van der Waals surface area contributed by atoms with Gasteiger partial charge in [-0.05, 0) is 86.3 Å². The molecule has 0 aliphatic heterocycles. The molecule has 1 N–H and O–H groups in total. The molecule has 1 aromatic rings. The van der Waals surface area contributed by atoms with Gasteiger partial charge in [0.05, 0.1) is 5.56 Å². The minimum atomic E-state index is -2.96. The number of alkyl halides is 2. The predicted octanol–water partition coefficient (Wildman–Crippen LogP) is 5.78. The highest BCUT2D eigenvalue weighted by Gasteiger charge is 2.54. The first kappa shape index (κ1) is 19.2. The molecular weight excluding hydrogens is 416 g/mol. The van der Waals surface area contributed by atoms with Crippen molar-refractivity contribution in [2.24, 2.45) is 23.2 Å². The van der Waals surface area contributed by atoms with Gasteiger partial charge in [-0.15, -0.1) is 0 Å². The van der Waals surface area contributed by atoms with Crippen LogP contribution in [-0.2, 0) is 0 Å². The Morgan fingerprint density at radius 1 is 1.22 bits per heavy atom. The van der Waals surface area contributed by atoms with Gasteiger partial charge in [0.2, 0.25) is 0 Å². The SMILES string of the molecule is CC[C@H](NC(=O)c1cc(Br)ccc1OC(F)F)C12CC3CC(CC(C3)C1)C2. The maximum Gasteiger partial charge on any atom is 0.387 e. The number of hydrogen-bond acceptors (Lipinski definition) is 2. The molecule has 0 heterocycles. The van der Waals surface area contributed by atoms with Crippen LogP contribution in [0, 0.1) is 23.2 Å². The van der Waals surface area contributed by atoms with Crippen LogP contribution < -0.4 is 10.1 Å². The largest absolute Gasteiger partial charge is 0.434 e. The van der Waals surface area contributed by atoms with E-state index in [1.165, 1.54) is 44.6 Å². The van der Waals surface area contributed by atoms with Crippen molar-refractivity contribution in [3.05, 3.63) is 28.2 Å². The molecule has 0 unspecified atom stereocenters. The number of amides is 1. The van der Waals surface area contributed by atoms with Crippen LogP contribution in [0.2, 0.25) is 0 Å². The molecule has 4 aliphatic carbocycles. The minimum Gasteiger partial charge on any atom is -0.434 e. The van der Waals surface area contributed by atoms with E-state index in [9.17, 15) is 13.6 Å². The zero-order chi connectivity index (χ0) is 19.2. The molecule has 5 rings (SSSR count). The molecule has 0 spiro atoms. The van der Waals surface area contributed by atoms with Crippen LogP contribution in [0.5, 0.6) is 5.75 Å². The molecule has 4 saturated carbocycles. The summed E-state index contributed by atoms with van der Waals surface area (Å²) < 4.78 is 30.7. The van der Waals surface area contributed by atoms with Crippen molar-refractivity contribution >= 4 is 21.8 Å². The summed E-state index contributed by atoms with van der Waals surface area (Å²) >= 11 is 3.32. The van der Waals surface area contributed by atoms with E-state index in [1.54, 1.807) is 12.1 Å². The zero-order valence-corrected chi connectivity index (χ0v) is 17.1. The fourth-order valence-corrected chi connectivity index (χ4v) is 6.77. The van der Waals surface area contributed by atoms with E-state index >= 15 is 0 Å². The molecule has 3 nitrogen and oxygen atoms in total. The Kier molecular flexibility index (Phi) is 5.21. The lowest BCUT2D eigenvalue weighted by atomic mass is 9.47. The lowest BCUT2D eigenvalue weighted by Gasteiger charge is -2.59. The van der Waals surface area contributed by atoms with E-state index in [2.05, 4.69) is 32.9 Å². The van der Waals surface area contributed by atoms with Gasteiger partial charge in [0.15, 0.2) is 0 Å². The lowest BCUT2D eigenvalue weighted by Crippen LogP contribution is -2.56.